The summed E-state index contributed by atoms with van der Waals surface area (Å²) in [6.07, 6.45) is 0. The molecule has 2 aromatic heterocycles. The molecule has 0 fully saturated rings. The van der Waals surface area contributed by atoms with E-state index in [2.05, 4.69) is 266 Å². The highest BCUT2D eigenvalue weighted by Gasteiger charge is 2.39. The molecule has 1 aliphatic carbocycles. The van der Waals surface area contributed by atoms with E-state index < -0.39 is 0 Å². The lowest BCUT2D eigenvalue weighted by atomic mass is 9.78. The lowest BCUT2D eigenvalue weighted by molar-refractivity contribution is 0.667. The Morgan fingerprint density at radius 3 is 1.33 bits per heavy atom. The molecule has 4 nitrogen and oxygen atoms in total. The van der Waals surface area contributed by atoms with Gasteiger partial charge in [0.2, 0.25) is 0 Å². The summed E-state index contributed by atoms with van der Waals surface area (Å²) in [7, 11) is 0. The highest BCUT2D eigenvalue weighted by molar-refractivity contribution is 6.20. The van der Waals surface area contributed by atoms with Crippen LogP contribution < -0.4 is 9.80 Å². The molecule has 2 heterocycles. The van der Waals surface area contributed by atoms with Crippen molar-refractivity contribution >= 4 is 110 Å². The summed E-state index contributed by atoms with van der Waals surface area (Å²) in [5, 5.41) is 12.1. The number of hydrogen-bond donors (Lipinski definition) is 0. The number of benzene rings is 13. The Morgan fingerprint density at radius 1 is 0.304 bits per heavy atom. The molecule has 0 aliphatic heterocycles. The molecule has 0 N–H and O–H groups in total. The summed E-state index contributed by atoms with van der Waals surface area (Å²) in [6.45, 7) is 4.84. The van der Waals surface area contributed by atoms with Crippen molar-refractivity contribution in [2.45, 2.75) is 19.3 Å². The second-order valence-corrected chi connectivity index (χ2v) is 21.6. The van der Waals surface area contributed by atoms with Crippen LogP contribution in [0.5, 0.6) is 0 Å². The molecule has 4 heteroatoms. The van der Waals surface area contributed by atoms with Gasteiger partial charge in [-0.1, -0.05) is 184 Å². The SMILES string of the molecule is CC1(C)c2cc3cc(-c4ccc(N(c5ccccc5)c5cccc6c5oc5ccccc56)cc4)ccc3cc2-c2c1c1ccc(-c3ccc(N(c4ccccc4)c4cccc5c4oc4ccccc45)cc3)cc1c1ccccc21. The smallest absolute Gasteiger partial charge is 0.159 e. The molecule has 15 aromatic rings. The number of anilines is 6. The highest BCUT2D eigenvalue weighted by Crippen LogP contribution is 2.56. The van der Waals surface area contributed by atoms with Crippen molar-refractivity contribution in [2.75, 3.05) is 9.80 Å². The van der Waals surface area contributed by atoms with Crippen molar-refractivity contribution in [1.82, 2.24) is 0 Å². The van der Waals surface area contributed by atoms with Gasteiger partial charge in [-0.05, 0) is 174 Å². The van der Waals surface area contributed by atoms with Gasteiger partial charge in [-0.2, -0.15) is 0 Å². The van der Waals surface area contributed by atoms with Gasteiger partial charge in [-0.15, -0.1) is 0 Å². The van der Waals surface area contributed by atoms with Crippen LogP contribution in [0, 0.1) is 0 Å². The molecule has 0 bridgehead atoms. The number of nitrogens with zero attached hydrogens (tertiary/aromatic N) is 2. The van der Waals surface area contributed by atoms with Gasteiger partial charge in [-0.3, -0.25) is 0 Å². The van der Waals surface area contributed by atoms with Crippen LogP contribution in [0.1, 0.15) is 25.0 Å². The van der Waals surface area contributed by atoms with E-state index in [4.69, 9.17) is 8.83 Å². The van der Waals surface area contributed by atoms with Crippen molar-refractivity contribution in [2.24, 2.45) is 0 Å². The van der Waals surface area contributed by atoms with E-state index in [-0.39, 0.29) is 5.41 Å². The summed E-state index contributed by atoms with van der Waals surface area (Å²) in [5.74, 6) is 0. The van der Waals surface area contributed by atoms with Gasteiger partial charge in [-0.25, -0.2) is 0 Å². The fraction of sp³-hybridized carbons (Fsp3) is 0.0400. The summed E-state index contributed by atoms with van der Waals surface area (Å²) in [5.41, 5.74) is 19.7. The third kappa shape index (κ3) is 7.01. The Kier molecular flexibility index (Phi) is 9.95. The van der Waals surface area contributed by atoms with Crippen LogP contribution in [0.2, 0.25) is 0 Å². The standard InChI is InChI=1S/C75H50N2O2/c1-75(2)66-46-52-43-49(47-33-38-55(39-34-47)76(53-17-5-3-6-18-53)67-27-15-25-62-58-22-11-13-29-69(58)78-73(62)67)31-32-51(52)45-65(66)71-60-24-10-9-21-57(60)64-44-50(37-42-61(64)72(71)75)48-35-40-56(41-36-48)77(54-19-7-4-8-20-54)68-28-16-26-63-59-23-12-14-30-70(59)79-74(63)68/h3-46H,1-2H3. The maximum atomic E-state index is 6.59. The first kappa shape index (κ1) is 45.1. The minimum atomic E-state index is -0.255. The molecule has 0 saturated heterocycles. The normalized spacial score (nSPS) is 12.8. The first-order valence-electron chi connectivity index (χ1n) is 27.2. The van der Waals surface area contributed by atoms with Gasteiger partial charge in [0.1, 0.15) is 11.2 Å². The van der Waals surface area contributed by atoms with E-state index in [0.717, 1.165) is 78.0 Å². The summed E-state index contributed by atoms with van der Waals surface area (Å²) in [4.78, 5) is 4.61. The monoisotopic (exact) mass is 1010 g/mol. The van der Waals surface area contributed by atoms with E-state index in [0.29, 0.717) is 0 Å². The van der Waals surface area contributed by atoms with Gasteiger partial charge in [0.25, 0.3) is 0 Å². The number of fused-ring (bicyclic) bond motifs is 15. The zero-order valence-electron chi connectivity index (χ0n) is 43.6. The Balaban J connectivity index is 0.752. The number of furan rings is 2. The lowest BCUT2D eigenvalue weighted by Gasteiger charge is -2.26. The van der Waals surface area contributed by atoms with Crippen LogP contribution in [-0.2, 0) is 5.41 Å². The van der Waals surface area contributed by atoms with Crippen LogP contribution >= 0.6 is 0 Å². The Labute approximate surface area is 457 Å². The van der Waals surface area contributed by atoms with Crippen LogP contribution in [0.4, 0.5) is 34.1 Å². The van der Waals surface area contributed by atoms with Crippen LogP contribution in [0.25, 0.3) is 110 Å². The molecular weight excluding hydrogens is 961 g/mol. The maximum Gasteiger partial charge on any atom is 0.159 e. The Hall–Kier alpha value is -10.2. The van der Waals surface area contributed by atoms with Crippen LogP contribution in [0.15, 0.2) is 276 Å². The predicted octanol–water partition coefficient (Wildman–Crippen LogP) is 21.5. The van der Waals surface area contributed by atoms with E-state index in [1.165, 1.54) is 76.8 Å². The third-order valence-electron chi connectivity index (χ3n) is 16.8. The fourth-order valence-corrected chi connectivity index (χ4v) is 13.1. The molecule has 0 spiro atoms. The molecule has 0 atom stereocenters. The Bertz CT molecular complexity index is 4920. The van der Waals surface area contributed by atoms with E-state index in [1.54, 1.807) is 0 Å². The molecule has 16 rings (SSSR count). The Morgan fingerprint density at radius 2 is 0.759 bits per heavy atom. The fourth-order valence-electron chi connectivity index (χ4n) is 13.1. The van der Waals surface area contributed by atoms with Crippen LogP contribution in [-0.4, -0.2) is 0 Å². The third-order valence-corrected chi connectivity index (χ3v) is 16.8. The number of para-hydroxylation sites is 6. The lowest BCUT2D eigenvalue weighted by Crippen LogP contribution is -2.15. The summed E-state index contributed by atoms with van der Waals surface area (Å²) in [6, 6.07) is 96.6. The van der Waals surface area contributed by atoms with E-state index >= 15 is 0 Å². The minimum absolute atomic E-state index is 0.255. The second-order valence-electron chi connectivity index (χ2n) is 21.6. The maximum absolute atomic E-state index is 6.59. The molecule has 0 amide bonds. The van der Waals surface area contributed by atoms with Gasteiger partial charge in [0.05, 0.1) is 11.4 Å². The van der Waals surface area contributed by atoms with Crippen molar-refractivity contribution in [3.05, 3.63) is 278 Å². The average Bonchev–Trinajstić information content (AvgIpc) is 3.70. The van der Waals surface area contributed by atoms with Gasteiger partial charge in [0.15, 0.2) is 11.2 Å². The zero-order chi connectivity index (χ0) is 52.3. The average molecular weight is 1010 g/mol. The van der Waals surface area contributed by atoms with E-state index in [1.807, 2.05) is 24.3 Å². The molecule has 0 saturated carbocycles. The molecule has 0 unspecified atom stereocenters. The first-order chi connectivity index (χ1) is 38.9. The zero-order valence-corrected chi connectivity index (χ0v) is 43.6. The van der Waals surface area contributed by atoms with Crippen molar-refractivity contribution in [3.8, 4) is 33.4 Å². The molecule has 0 radical (unpaired) electrons. The quantitative estimate of drug-likeness (QED) is 0.142. The number of hydrogen-bond acceptors (Lipinski definition) is 4. The molecule has 13 aromatic carbocycles. The van der Waals surface area contributed by atoms with Gasteiger partial charge >= 0.3 is 0 Å². The highest BCUT2D eigenvalue weighted by atomic mass is 16.3. The van der Waals surface area contributed by atoms with Crippen molar-refractivity contribution < 1.29 is 8.83 Å². The van der Waals surface area contributed by atoms with Gasteiger partial charge in [0, 0.05) is 49.7 Å². The molecule has 1 aliphatic rings. The van der Waals surface area contributed by atoms with Crippen LogP contribution in [0.3, 0.4) is 0 Å². The second kappa shape index (κ2) is 17.4. The topological polar surface area (TPSA) is 32.8 Å². The van der Waals surface area contributed by atoms with Crippen molar-refractivity contribution in [1.29, 1.82) is 0 Å². The summed E-state index contributed by atoms with van der Waals surface area (Å²) < 4.78 is 13.2. The molecule has 372 valence electrons. The molecule has 79 heavy (non-hydrogen) atoms. The first-order valence-corrected chi connectivity index (χ1v) is 27.2. The minimum Gasteiger partial charge on any atom is -0.454 e. The molecular formula is C75H50N2O2. The summed E-state index contributed by atoms with van der Waals surface area (Å²) >= 11 is 0. The van der Waals surface area contributed by atoms with E-state index in [9.17, 15) is 0 Å². The predicted molar refractivity (Wildman–Crippen MR) is 331 cm³/mol. The number of rotatable bonds is 8. The van der Waals surface area contributed by atoms with Gasteiger partial charge < -0.3 is 18.6 Å². The van der Waals surface area contributed by atoms with Crippen molar-refractivity contribution in [3.63, 3.8) is 0 Å². The largest absolute Gasteiger partial charge is 0.454 e.